The maximum absolute atomic E-state index is 12.2. The molecule has 0 bridgehead atoms. The Bertz CT molecular complexity index is 1200. The molecule has 32 heavy (non-hydrogen) atoms. The van der Waals surface area contributed by atoms with Crippen LogP contribution in [0.3, 0.4) is 0 Å². The second kappa shape index (κ2) is 8.39. The van der Waals surface area contributed by atoms with Crippen LogP contribution in [0.5, 0.6) is 0 Å². The standard InChI is InChI=1S/C25H26N6O/c1-2-24(32)31-15-14-30(16-19(31)10-12-26)25-21-11-13-29(17-22(21)27-28-25)23-9-5-7-18-6-3-4-8-20(18)23/h2-9,19H,1,10-11,13-17H2,(H,27,28). The topological polar surface area (TPSA) is 79.3 Å². The highest BCUT2D eigenvalue weighted by Crippen LogP contribution is 2.33. The van der Waals surface area contributed by atoms with Gasteiger partial charge in [-0.05, 0) is 23.9 Å². The van der Waals surface area contributed by atoms with Gasteiger partial charge in [0.15, 0.2) is 5.82 Å². The molecular weight excluding hydrogens is 400 g/mol. The first-order valence-electron chi connectivity index (χ1n) is 11.0. The number of nitrogens with zero attached hydrogens (tertiary/aromatic N) is 5. The summed E-state index contributed by atoms with van der Waals surface area (Å²) in [6.45, 7) is 7.18. The number of anilines is 2. The summed E-state index contributed by atoms with van der Waals surface area (Å²) in [6, 6.07) is 17.0. The van der Waals surface area contributed by atoms with Crippen molar-refractivity contribution in [1.29, 1.82) is 5.26 Å². The Morgan fingerprint density at radius 2 is 2.03 bits per heavy atom. The summed E-state index contributed by atoms with van der Waals surface area (Å²) in [5.41, 5.74) is 3.64. The minimum absolute atomic E-state index is 0.111. The number of carbonyl (C=O) groups is 1. The third-order valence-corrected chi connectivity index (χ3v) is 6.59. The van der Waals surface area contributed by atoms with E-state index in [1.54, 1.807) is 4.90 Å². The molecule has 1 amide bonds. The zero-order valence-electron chi connectivity index (χ0n) is 18.0. The summed E-state index contributed by atoms with van der Waals surface area (Å²) in [5.74, 6) is 0.853. The molecule has 2 aliphatic rings. The van der Waals surface area contributed by atoms with Gasteiger partial charge in [-0.2, -0.15) is 10.4 Å². The number of fused-ring (bicyclic) bond motifs is 2. The predicted octanol–water partition coefficient (Wildman–Crippen LogP) is 3.24. The average molecular weight is 427 g/mol. The number of nitrogens with one attached hydrogen (secondary N) is 1. The summed E-state index contributed by atoms with van der Waals surface area (Å²) in [6.07, 6.45) is 2.54. The van der Waals surface area contributed by atoms with Gasteiger partial charge in [0.2, 0.25) is 5.91 Å². The highest BCUT2D eigenvalue weighted by atomic mass is 16.2. The lowest BCUT2D eigenvalue weighted by Gasteiger charge is -2.41. The van der Waals surface area contributed by atoms with Crippen LogP contribution in [0.4, 0.5) is 11.5 Å². The minimum Gasteiger partial charge on any atom is -0.365 e. The minimum atomic E-state index is -0.151. The van der Waals surface area contributed by atoms with Crippen molar-refractivity contribution in [2.45, 2.75) is 25.4 Å². The van der Waals surface area contributed by atoms with Crippen LogP contribution < -0.4 is 9.80 Å². The SMILES string of the molecule is C=CC(=O)N1CCN(c2n[nH]c3c2CCN(c2cccc4ccccc24)C3)CC1CC#N. The van der Waals surface area contributed by atoms with Crippen LogP contribution in [-0.2, 0) is 17.8 Å². The lowest BCUT2D eigenvalue weighted by molar-refractivity contribution is -0.128. The van der Waals surface area contributed by atoms with Crippen molar-refractivity contribution < 1.29 is 4.79 Å². The van der Waals surface area contributed by atoms with E-state index >= 15 is 0 Å². The maximum Gasteiger partial charge on any atom is 0.246 e. The van der Waals surface area contributed by atoms with Crippen molar-refractivity contribution in [3.05, 3.63) is 66.4 Å². The number of aromatic amines is 1. The first-order valence-corrected chi connectivity index (χ1v) is 11.0. The fraction of sp³-hybridized carbons (Fsp3) is 0.320. The molecule has 2 aromatic carbocycles. The molecule has 1 unspecified atom stereocenters. The molecule has 2 aliphatic heterocycles. The summed E-state index contributed by atoms with van der Waals surface area (Å²) >= 11 is 0. The molecule has 0 radical (unpaired) electrons. The molecule has 1 aromatic heterocycles. The number of hydrogen-bond acceptors (Lipinski definition) is 5. The van der Waals surface area contributed by atoms with Crippen LogP contribution in [0.1, 0.15) is 17.7 Å². The van der Waals surface area contributed by atoms with Crippen LogP contribution in [-0.4, -0.2) is 53.2 Å². The van der Waals surface area contributed by atoms with Gasteiger partial charge in [-0.25, -0.2) is 0 Å². The first kappa shape index (κ1) is 20.1. The van der Waals surface area contributed by atoms with Gasteiger partial charge in [-0.1, -0.05) is 43.0 Å². The van der Waals surface area contributed by atoms with Crippen LogP contribution >= 0.6 is 0 Å². The number of piperazine rings is 1. The number of benzene rings is 2. The van der Waals surface area contributed by atoms with Crippen molar-refractivity contribution in [3.8, 4) is 6.07 Å². The van der Waals surface area contributed by atoms with Gasteiger partial charge in [0.25, 0.3) is 0 Å². The molecule has 5 rings (SSSR count). The second-order valence-corrected chi connectivity index (χ2v) is 8.37. The fourth-order valence-electron chi connectivity index (χ4n) is 4.99. The number of hydrogen-bond donors (Lipinski definition) is 1. The molecule has 0 saturated carbocycles. The Hall–Kier alpha value is -3.79. The Morgan fingerprint density at radius 3 is 2.88 bits per heavy atom. The molecule has 1 fully saturated rings. The van der Waals surface area contributed by atoms with Crippen LogP contribution in [0, 0.1) is 11.3 Å². The highest BCUT2D eigenvalue weighted by molar-refractivity contribution is 5.94. The van der Waals surface area contributed by atoms with Gasteiger partial charge in [-0.3, -0.25) is 9.89 Å². The predicted molar refractivity (Wildman–Crippen MR) is 125 cm³/mol. The molecule has 1 saturated heterocycles. The molecular formula is C25H26N6O. The summed E-state index contributed by atoms with van der Waals surface area (Å²) in [7, 11) is 0. The number of rotatable bonds is 4. The molecule has 0 spiro atoms. The van der Waals surface area contributed by atoms with E-state index in [-0.39, 0.29) is 11.9 Å². The molecule has 0 aliphatic carbocycles. The monoisotopic (exact) mass is 426 g/mol. The highest BCUT2D eigenvalue weighted by Gasteiger charge is 2.33. The van der Waals surface area contributed by atoms with Gasteiger partial charge in [0.1, 0.15) is 0 Å². The Morgan fingerprint density at radius 1 is 1.19 bits per heavy atom. The second-order valence-electron chi connectivity index (χ2n) is 8.37. The molecule has 3 heterocycles. The van der Waals surface area contributed by atoms with Gasteiger partial charge in [-0.15, -0.1) is 0 Å². The number of aromatic nitrogens is 2. The van der Waals surface area contributed by atoms with Gasteiger partial charge < -0.3 is 14.7 Å². The van der Waals surface area contributed by atoms with E-state index in [2.05, 4.69) is 75.1 Å². The first-order chi connectivity index (χ1) is 15.7. The number of nitriles is 1. The molecule has 162 valence electrons. The Balaban J connectivity index is 1.37. The van der Waals surface area contributed by atoms with E-state index in [0.29, 0.717) is 26.1 Å². The number of amides is 1. The van der Waals surface area contributed by atoms with Crippen molar-refractivity contribution in [2.75, 3.05) is 36.0 Å². The van der Waals surface area contributed by atoms with E-state index in [9.17, 15) is 10.1 Å². The van der Waals surface area contributed by atoms with Crippen molar-refractivity contribution in [2.24, 2.45) is 0 Å². The van der Waals surface area contributed by atoms with E-state index in [0.717, 1.165) is 31.0 Å². The smallest absolute Gasteiger partial charge is 0.246 e. The van der Waals surface area contributed by atoms with Crippen molar-refractivity contribution >= 4 is 28.2 Å². The normalized spacial score (nSPS) is 18.3. The van der Waals surface area contributed by atoms with Gasteiger partial charge >= 0.3 is 0 Å². The molecule has 1 atom stereocenters. The summed E-state index contributed by atoms with van der Waals surface area (Å²) in [4.78, 5) is 18.6. The number of carbonyl (C=O) groups excluding carboxylic acids is 1. The van der Waals surface area contributed by atoms with Gasteiger partial charge in [0, 0.05) is 42.8 Å². The zero-order chi connectivity index (χ0) is 22.1. The Kier molecular flexibility index (Phi) is 5.28. The van der Waals surface area contributed by atoms with Gasteiger partial charge in [0.05, 0.1) is 30.8 Å². The average Bonchev–Trinajstić information content (AvgIpc) is 3.26. The van der Waals surface area contributed by atoms with E-state index in [1.165, 1.54) is 28.1 Å². The molecule has 1 N–H and O–H groups in total. The molecule has 7 heteroatoms. The van der Waals surface area contributed by atoms with Crippen LogP contribution in [0.15, 0.2) is 55.1 Å². The summed E-state index contributed by atoms with van der Waals surface area (Å²) in [5, 5.41) is 19.7. The van der Waals surface area contributed by atoms with Crippen molar-refractivity contribution in [1.82, 2.24) is 15.1 Å². The summed E-state index contributed by atoms with van der Waals surface area (Å²) < 4.78 is 0. The largest absolute Gasteiger partial charge is 0.365 e. The van der Waals surface area contributed by atoms with E-state index in [1.807, 2.05) is 0 Å². The van der Waals surface area contributed by atoms with Crippen molar-refractivity contribution in [3.63, 3.8) is 0 Å². The fourth-order valence-corrected chi connectivity index (χ4v) is 4.99. The zero-order valence-corrected chi connectivity index (χ0v) is 18.0. The lowest BCUT2D eigenvalue weighted by Crippen LogP contribution is -2.55. The lowest BCUT2D eigenvalue weighted by atomic mass is 10.0. The molecule has 3 aromatic rings. The Labute approximate surface area is 187 Å². The molecule has 7 nitrogen and oxygen atoms in total. The third kappa shape index (κ3) is 3.48. The van der Waals surface area contributed by atoms with E-state index in [4.69, 9.17) is 0 Å². The maximum atomic E-state index is 12.2. The van der Waals surface area contributed by atoms with Crippen LogP contribution in [0.2, 0.25) is 0 Å². The quantitative estimate of drug-likeness (QED) is 0.648. The van der Waals surface area contributed by atoms with E-state index < -0.39 is 0 Å². The van der Waals surface area contributed by atoms with Crippen LogP contribution in [0.25, 0.3) is 10.8 Å². The number of H-pyrrole nitrogens is 1. The third-order valence-electron chi connectivity index (χ3n) is 6.59.